The van der Waals surface area contributed by atoms with E-state index < -0.39 is 61.8 Å². The van der Waals surface area contributed by atoms with Crippen molar-refractivity contribution in [1.82, 2.24) is 24.4 Å². The lowest BCUT2D eigenvalue weighted by atomic mass is 10.0. The van der Waals surface area contributed by atoms with Crippen LogP contribution in [0.1, 0.15) is 25.1 Å². The van der Waals surface area contributed by atoms with Gasteiger partial charge < -0.3 is 9.80 Å². The fourth-order valence-corrected chi connectivity index (χ4v) is 6.45. The smallest absolute Gasteiger partial charge is 0.350 e. The van der Waals surface area contributed by atoms with Crippen LogP contribution < -0.4 is 10.6 Å². The van der Waals surface area contributed by atoms with Crippen LogP contribution in [0.5, 0.6) is 0 Å². The molecule has 1 amide bonds. The third-order valence-electron chi connectivity index (χ3n) is 7.66. The van der Waals surface area contributed by atoms with E-state index in [1.54, 1.807) is 18.7 Å². The van der Waals surface area contributed by atoms with Gasteiger partial charge in [-0.15, -0.1) is 0 Å². The third kappa shape index (κ3) is 5.72. The first-order valence-electron chi connectivity index (χ1n) is 13.9. The zero-order valence-electron chi connectivity index (χ0n) is 24.8. The fraction of sp³-hybridized carbons (Fsp3) is 0.300. The van der Waals surface area contributed by atoms with Crippen LogP contribution in [0.2, 0.25) is 0 Å². The Bertz CT molecular complexity index is 2070. The Morgan fingerprint density at radius 1 is 1.13 bits per heavy atom. The highest BCUT2D eigenvalue weighted by Gasteiger charge is 2.37. The van der Waals surface area contributed by atoms with E-state index in [9.17, 15) is 31.2 Å². The molecule has 3 aromatic heterocycles. The molecule has 1 aliphatic rings. The zero-order chi connectivity index (χ0) is 33.7. The van der Waals surface area contributed by atoms with Crippen LogP contribution >= 0.6 is 0 Å². The van der Waals surface area contributed by atoms with Crippen molar-refractivity contribution in [2.24, 2.45) is 0 Å². The van der Waals surface area contributed by atoms with Crippen molar-refractivity contribution in [1.29, 1.82) is 0 Å². The van der Waals surface area contributed by atoms with Gasteiger partial charge in [-0.1, -0.05) is 19.6 Å². The predicted octanol–water partition coefficient (Wildman–Crippen LogP) is 4.33. The summed E-state index contributed by atoms with van der Waals surface area (Å²) in [6.45, 7) is 7.27. The molecule has 5 rings (SSSR count). The first-order valence-corrected chi connectivity index (χ1v) is 15.8. The average Bonchev–Trinajstić information content (AvgIpc) is 2.99. The largest absolute Gasteiger partial charge is 0.417 e. The first-order chi connectivity index (χ1) is 21.6. The Balaban J connectivity index is 1.91. The number of fused-ring (bicyclic) bond motifs is 1. The molecule has 1 fully saturated rings. The number of aryl methyl sites for hydroxylation is 1. The van der Waals surface area contributed by atoms with Crippen LogP contribution in [0.4, 0.5) is 27.8 Å². The zero-order valence-corrected chi connectivity index (χ0v) is 25.6. The number of carbonyl (C=O) groups is 1. The van der Waals surface area contributed by atoms with E-state index in [2.05, 4.69) is 21.5 Å². The SMILES string of the molecule is C=CC(=O)N1CCN(c2nc(=O)n(-c3c(S(C)(=O)=O)ccnc3CC)c3nc(-c4c(F)cccc4C(F)(F)F)c(F)cc23)[C@@H](C)C1. The Kier molecular flexibility index (Phi) is 8.44. The van der Waals surface area contributed by atoms with Gasteiger partial charge in [-0.2, -0.15) is 18.2 Å². The van der Waals surface area contributed by atoms with Gasteiger partial charge in [-0.05, 0) is 43.7 Å². The average molecular weight is 663 g/mol. The van der Waals surface area contributed by atoms with Crippen molar-refractivity contribution in [3.63, 3.8) is 0 Å². The van der Waals surface area contributed by atoms with Crippen LogP contribution in [-0.2, 0) is 27.2 Å². The van der Waals surface area contributed by atoms with Crippen LogP contribution in [0.15, 0.2) is 58.9 Å². The van der Waals surface area contributed by atoms with E-state index >= 15 is 8.78 Å². The molecule has 0 bridgehead atoms. The second-order valence-corrected chi connectivity index (χ2v) is 12.6. The van der Waals surface area contributed by atoms with Gasteiger partial charge in [-0.3, -0.25) is 9.78 Å². The summed E-state index contributed by atoms with van der Waals surface area (Å²) in [6, 6.07) is 3.53. The summed E-state index contributed by atoms with van der Waals surface area (Å²) < 4.78 is 99.6. The molecule has 4 heterocycles. The van der Waals surface area contributed by atoms with Crippen molar-refractivity contribution in [2.45, 2.75) is 37.4 Å². The van der Waals surface area contributed by atoms with Crippen LogP contribution in [0, 0.1) is 11.6 Å². The summed E-state index contributed by atoms with van der Waals surface area (Å²) in [5.74, 6) is -3.22. The molecule has 1 aliphatic heterocycles. The fourth-order valence-electron chi connectivity index (χ4n) is 5.58. The van der Waals surface area contributed by atoms with Crippen molar-refractivity contribution in [3.8, 4) is 16.9 Å². The van der Waals surface area contributed by atoms with E-state index in [-0.39, 0.29) is 59.4 Å². The van der Waals surface area contributed by atoms with Crippen molar-refractivity contribution >= 4 is 32.6 Å². The predicted molar refractivity (Wildman–Crippen MR) is 159 cm³/mol. The minimum Gasteiger partial charge on any atom is -0.350 e. The van der Waals surface area contributed by atoms with Gasteiger partial charge >= 0.3 is 11.9 Å². The molecule has 10 nitrogen and oxygen atoms in total. The molecule has 0 spiro atoms. The number of hydrogen-bond acceptors (Lipinski definition) is 8. The summed E-state index contributed by atoms with van der Waals surface area (Å²) in [7, 11) is -4.05. The molecule has 0 saturated carbocycles. The number of sulfone groups is 1. The number of piperazine rings is 1. The number of nitrogens with zero attached hydrogens (tertiary/aromatic N) is 6. The van der Waals surface area contributed by atoms with E-state index in [0.29, 0.717) is 12.1 Å². The summed E-state index contributed by atoms with van der Waals surface area (Å²) in [5, 5.41) is -0.175. The number of alkyl halides is 3. The van der Waals surface area contributed by atoms with Crippen LogP contribution in [0.25, 0.3) is 28.0 Å². The van der Waals surface area contributed by atoms with Gasteiger partial charge in [0, 0.05) is 38.1 Å². The molecule has 0 radical (unpaired) electrons. The maximum Gasteiger partial charge on any atom is 0.417 e. The lowest BCUT2D eigenvalue weighted by Gasteiger charge is -2.40. The van der Waals surface area contributed by atoms with E-state index in [1.165, 1.54) is 11.1 Å². The second kappa shape index (κ2) is 11.9. The van der Waals surface area contributed by atoms with Crippen molar-refractivity contribution in [2.75, 3.05) is 30.8 Å². The molecule has 16 heteroatoms. The van der Waals surface area contributed by atoms with E-state index in [4.69, 9.17) is 0 Å². The second-order valence-electron chi connectivity index (χ2n) is 10.7. The number of pyridine rings is 2. The highest BCUT2D eigenvalue weighted by atomic mass is 32.2. The van der Waals surface area contributed by atoms with Gasteiger partial charge in [-0.25, -0.2) is 31.5 Å². The molecule has 0 N–H and O–H groups in total. The minimum atomic E-state index is -5.11. The molecule has 46 heavy (non-hydrogen) atoms. The molecule has 1 saturated heterocycles. The monoisotopic (exact) mass is 662 g/mol. The highest BCUT2D eigenvalue weighted by molar-refractivity contribution is 7.90. The van der Waals surface area contributed by atoms with Crippen LogP contribution in [-0.4, -0.2) is 70.7 Å². The van der Waals surface area contributed by atoms with Crippen molar-refractivity contribution < 1.29 is 35.2 Å². The van der Waals surface area contributed by atoms with Gasteiger partial charge in [0.05, 0.1) is 32.8 Å². The maximum atomic E-state index is 16.0. The summed E-state index contributed by atoms with van der Waals surface area (Å²) in [6.07, 6.45) is -1.75. The number of aromatic nitrogens is 4. The van der Waals surface area contributed by atoms with E-state index in [1.807, 2.05) is 0 Å². The van der Waals surface area contributed by atoms with Gasteiger partial charge in [0.15, 0.2) is 21.3 Å². The summed E-state index contributed by atoms with van der Waals surface area (Å²) in [5.41, 5.74) is -5.51. The highest BCUT2D eigenvalue weighted by Crippen LogP contribution is 2.40. The molecular weight excluding hydrogens is 635 g/mol. The lowest BCUT2D eigenvalue weighted by Crippen LogP contribution is -2.54. The Hall–Kier alpha value is -4.73. The number of amides is 1. The standard InChI is InChI=1S/C30H27F5N6O4S/c1-5-21-26(22(10-11-36-21)46(4,44)45)41-28-17(27(38-29(41)43)40-13-12-39(15-16(40)3)23(42)6-2)14-20(32)25(37-28)24-18(30(33,34)35)8-7-9-19(24)31/h6-11,14,16H,2,5,12-13,15H2,1,3-4H3/t16-/m0/s1. The maximum absolute atomic E-state index is 16.0. The molecule has 0 unspecified atom stereocenters. The molecule has 242 valence electrons. The summed E-state index contributed by atoms with van der Waals surface area (Å²) in [4.78, 5) is 41.4. The Morgan fingerprint density at radius 2 is 1.85 bits per heavy atom. The topological polar surface area (TPSA) is 118 Å². The van der Waals surface area contributed by atoms with Gasteiger partial charge in [0.2, 0.25) is 5.91 Å². The molecule has 1 atom stereocenters. The Morgan fingerprint density at radius 3 is 2.46 bits per heavy atom. The van der Waals surface area contributed by atoms with Crippen molar-refractivity contribution in [3.05, 3.63) is 82.6 Å². The number of carbonyl (C=O) groups excluding carboxylic acids is 1. The lowest BCUT2D eigenvalue weighted by molar-refractivity contribution is -0.137. The van der Waals surface area contributed by atoms with Crippen LogP contribution in [0.3, 0.4) is 0 Å². The normalized spacial score (nSPS) is 15.8. The number of hydrogen-bond donors (Lipinski definition) is 0. The number of rotatable bonds is 6. The Labute approximate surface area is 259 Å². The van der Waals surface area contributed by atoms with E-state index in [0.717, 1.165) is 35.1 Å². The number of halogens is 5. The molecular formula is C30H27F5N6O4S. The minimum absolute atomic E-state index is 0.0975. The first kappa shape index (κ1) is 32.7. The molecule has 0 aliphatic carbocycles. The molecule has 1 aromatic carbocycles. The van der Waals surface area contributed by atoms with Gasteiger partial charge in [0.25, 0.3) is 0 Å². The quantitative estimate of drug-likeness (QED) is 0.221. The van der Waals surface area contributed by atoms with Gasteiger partial charge in [0.1, 0.15) is 17.3 Å². The third-order valence-corrected chi connectivity index (χ3v) is 8.79. The number of benzene rings is 1. The number of anilines is 1. The summed E-state index contributed by atoms with van der Waals surface area (Å²) >= 11 is 0. The molecule has 4 aromatic rings.